The first kappa shape index (κ1) is 19.1. The number of benzene rings is 2. The molecule has 4 rings (SSSR count). The molecular formula is C22H21ClN4O2. The summed E-state index contributed by atoms with van der Waals surface area (Å²) < 4.78 is 7.53. The van der Waals surface area contributed by atoms with E-state index in [1.165, 1.54) is 0 Å². The highest BCUT2D eigenvalue weighted by atomic mass is 35.5. The first-order valence-electron chi connectivity index (χ1n) is 9.35. The average Bonchev–Trinajstić information content (AvgIpc) is 3.32. The Morgan fingerprint density at radius 3 is 2.79 bits per heavy atom. The molecule has 4 aromatic rings. The molecule has 0 aliphatic heterocycles. The molecule has 7 heteroatoms. The van der Waals surface area contributed by atoms with E-state index < -0.39 is 0 Å². The van der Waals surface area contributed by atoms with Gasteiger partial charge in [-0.1, -0.05) is 29.8 Å². The number of carbonyl (C=O) groups is 1. The maximum Gasteiger partial charge on any atom is 0.230 e. The van der Waals surface area contributed by atoms with Crippen molar-refractivity contribution in [1.29, 1.82) is 0 Å². The molecule has 1 amide bonds. The average molecular weight is 409 g/mol. The zero-order valence-electron chi connectivity index (χ0n) is 16.2. The summed E-state index contributed by atoms with van der Waals surface area (Å²) in [6, 6.07) is 17.2. The fraction of sp³-hybridized carbons (Fsp3) is 0.182. The fourth-order valence-corrected chi connectivity index (χ4v) is 3.65. The van der Waals surface area contributed by atoms with Crippen molar-refractivity contribution in [3.63, 3.8) is 0 Å². The number of fused-ring (bicyclic) bond motifs is 1. The van der Waals surface area contributed by atoms with Crippen LogP contribution in [0.3, 0.4) is 0 Å². The van der Waals surface area contributed by atoms with Gasteiger partial charge in [-0.3, -0.25) is 9.89 Å². The second-order valence-electron chi connectivity index (χ2n) is 6.68. The van der Waals surface area contributed by atoms with Crippen molar-refractivity contribution in [2.75, 3.05) is 12.4 Å². The molecule has 0 radical (unpaired) electrons. The number of aromatic nitrogens is 3. The van der Waals surface area contributed by atoms with E-state index in [9.17, 15) is 4.79 Å². The molecule has 0 aliphatic carbocycles. The van der Waals surface area contributed by atoms with Gasteiger partial charge in [0, 0.05) is 29.1 Å². The summed E-state index contributed by atoms with van der Waals surface area (Å²) in [5, 5.41) is 11.8. The van der Waals surface area contributed by atoms with Crippen molar-refractivity contribution in [3.05, 3.63) is 65.2 Å². The number of hydrogen-bond donors (Lipinski definition) is 2. The minimum Gasteiger partial charge on any atom is -0.497 e. The summed E-state index contributed by atoms with van der Waals surface area (Å²) in [7, 11) is 1.66. The Kier molecular flexibility index (Phi) is 5.27. The number of carbonyl (C=O) groups excluding carboxylic acids is 1. The lowest BCUT2D eigenvalue weighted by molar-refractivity contribution is -0.115. The van der Waals surface area contributed by atoms with E-state index in [1.54, 1.807) is 13.2 Å². The van der Waals surface area contributed by atoms with Gasteiger partial charge in [0.05, 0.1) is 30.4 Å². The maximum absolute atomic E-state index is 12.4. The highest BCUT2D eigenvalue weighted by Crippen LogP contribution is 2.30. The fourth-order valence-electron chi connectivity index (χ4n) is 3.44. The van der Waals surface area contributed by atoms with Crippen LogP contribution in [0.2, 0.25) is 5.02 Å². The minimum absolute atomic E-state index is 0.170. The molecule has 0 spiro atoms. The van der Waals surface area contributed by atoms with Gasteiger partial charge in [-0.2, -0.15) is 5.10 Å². The Balaban J connectivity index is 1.57. The molecule has 148 valence electrons. The Morgan fingerprint density at radius 2 is 2.03 bits per heavy atom. The molecule has 29 heavy (non-hydrogen) atoms. The van der Waals surface area contributed by atoms with E-state index in [-0.39, 0.29) is 12.3 Å². The number of methoxy groups -OCH3 is 1. The molecule has 0 unspecified atom stereocenters. The lowest BCUT2D eigenvalue weighted by Gasteiger charge is -2.07. The van der Waals surface area contributed by atoms with Gasteiger partial charge in [-0.15, -0.1) is 0 Å². The number of rotatable bonds is 6. The zero-order valence-corrected chi connectivity index (χ0v) is 17.0. The summed E-state index contributed by atoms with van der Waals surface area (Å²) in [5.41, 5.74) is 3.69. The third-order valence-electron chi connectivity index (χ3n) is 4.86. The third kappa shape index (κ3) is 3.84. The van der Waals surface area contributed by atoms with Crippen LogP contribution in [0, 0.1) is 0 Å². The number of aryl methyl sites for hydroxylation is 1. The number of H-pyrrole nitrogens is 1. The van der Waals surface area contributed by atoms with Crippen molar-refractivity contribution in [3.8, 4) is 17.1 Å². The van der Waals surface area contributed by atoms with Gasteiger partial charge in [-0.05, 0) is 36.8 Å². The van der Waals surface area contributed by atoms with Gasteiger partial charge < -0.3 is 14.6 Å². The third-order valence-corrected chi connectivity index (χ3v) is 5.23. The molecule has 2 heterocycles. The summed E-state index contributed by atoms with van der Waals surface area (Å²) in [6.07, 6.45) is 0.191. The first-order chi connectivity index (χ1) is 14.1. The SMILES string of the molecule is CCn1c(-c2cc(NC(=O)Cc3ccccc3Cl)n[nH]2)cc2ccc(OC)cc21. The highest BCUT2D eigenvalue weighted by Gasteiger charge is 2.14. The van der Waals surface area contributed by atoms with Crippen molar-refractivity contribution >= 4 is 34.2 Å². The molecule has 0 saturated heterocycles. The van der Waals surface area contributed by atoms with Crippen molar-refractivity contribution < 1.29 is 9.53 Å². The molecule has 2 N–H and O–H groups in total. The second-order valence-corrected chi connectivity index (χ2v) is 7.09. The number of nitrogens with one attached hydrogen (secondary N) is 2. The largest absolute Gasteiger partial charge is 0.497 e. The molecular weight excluding hydrogens is 388 g/mol. The Morgan fingerprint density at radius 1 is 1.21 bits per heavy atom. The van der Waals surface area contributed by atoms with Crippen LogP contribution in [0.25, 0.3) is 22.3 Å². The quantitative estimate of drug-likeness (QED) is 0.477. The van der Waals surface area contributed by atoms with Gasteiger partial charge in [0.1, 0.15) is 5.75 Å². The molecule has 2 aromatic heterocycles. The molecule has 0 atom stereocenters. The van der Waals surface area contributed by atoms with Crippen LogP contribution in [0.1, 0.15) is 12.5 Å². The van der Waals surface area contributed by atoms with Gasteiger partial charge in [-0.25, -0.2) is 0 Å². The Hall–Kier alpha value is -3.25. The van der Waals surface area contributed by atoms with Crippen molar-refractivity contribution in [2.45, 2.75) is 19.9 Å². The number of nitrogens with zero attached hydrogens (tertiary/aromatic N) is 2. The normalized spacial score (nSPS) is 11.0. The summed E-state index contributed by atoms with van der Waals surface area (Å²) in [4.78, 5) is 12.4. The predicted molar refractivity (Wildman–Crippen MR) is 116 cm³/mol. The smallest absolute Gasteiger partial charge is 0.230 e. The topological polar surface area (TPSA) is 71.9 Å². The summed E-state index contributed by atoms with van der Waals surface area (Å²) in [6.45, 7) is 2.88. The van der Waals surface area contributed by atoms with Gasteiger partial charge in [0.2, 0.25) is 5.91 Å². The predicted octanol–water partition coefficient (Wildman–Crippen LogP) is 4.89. The standard InChI is InChI=1S/C22H21ClN4O2/c1-3-27-19-12-16(29-2)9-8-15(19)10-20(27)18-13-21(26-25-18)24-22(28)11-14-6-4-5-7-17(14)23/h4-10,12-13H,3,11H2,1-2H3,(H2,24,25,26,28). The van der Waals surface area contributed by atoms with E-state index in [1.807, 2.05) is 42.5 Å². The van der Waals surface area contributed by atoms with Gasteiger partial charge in [0.25, 0.3) is 0 Å². The van der Waals surface area contributed by atoms with Gasteiger partial charge >= 0.3 is 0 Å². The van der Waals surface area contributed by atoms with Crippen LogP contribution in [-0.2, 0) is 17.8 Å². The Bertz CT molecular complexity index is 1180. The number of hydrogen-bond acceptors (Lipinski definition) is 3. The summed E-state index contributed by atoms with van der Waals surface area (Å²) >= 11 is 6.14. The Labute approximate surface area is 173 Å². The first-order valence-corrected chi connectivity index (χ1v) is 9.73. The van der Waals surface area contributed by atoms with E-state index in [0.717, 1.165) is 40.1 Å². The number of aromatic amines is 1. The van der Waals surface area contributed by atoms with E-state index >= 15 is 0 Å². The molecule has 2 aromatic carbocycles. The molecule has 0 bridgehead atoms. The van der Waals surface area contributed by atoms with Crippen LogP contribution < -0.4 is 10.1 Å². The lowest BCUT2D eigenvalue weighted by Crippen LogP contribution is -2.14. The van der Waals surface area contributed by atoms with E-state index in [4.69, 9.17) is 16.3 Å². The minimum atomic E-state index is -0.170. The van der Waals surface area contributed by atoms with E-state index in [2.05, 4.69) is 33.1 Å². The van der Waals surface area contributed by atoms with Crippen molar-refractivity contribution in [1.82, 2.24) is 14.8 Å². The van der Waals surface area contributed by atoms with E-state index in [0.29, 0.717) is 10.8 Å². The number of amides is 1. The zero-order chi connectivity index (χ0) is 20.4. The highest BCUT2D eigenvalue weighted by molar-refractivity contribution is 6.31. The summed E-state index contributed by atoms with van der Waals surface area (Å²) in [5.74, 6) is 1.12. The van der Waals surface area contributed by atoms with Crippen LogP contribution >= 0.6 is 11.6 Å². The second kappa shape index (κ2) is 8.01. The van der Waals surface area contributed by atoms with Crippen molar-refractivity contribution in [2.24, 2.45) is 0 Å². The van der Waals surface area contributed by atoms with Crippen LogP contribution in [0.4, 0.5) is 5.82 Å². The molecule has 6 nitrogen and oxygen atoms in total. The molecule has 0 fully saturated rings. The number of anilines is 1. The van der Waals surface area contributed by atoms with Gasteiger partial charge in [0.15, 0.2) is 5.82 Å². The monoisotopic (exact) mass is 408 g/mol. The molecule has 0 saturated carbocycles. The number of halogens is 1. The van der Waals surface area contributed by atoms with Crippen LogP contribution in [0.5, 0.6) is 5.75 Å². The molecule has 0 aliphatic rings. The van der Waals surface area contributed by atoms with Crippen LogP contribution in [0.15, 0.2) is 54.6 Å². The number of ether oxygens (including phenoxy) is 1. The maximum atomic E-state index is 12.4. The lowest BCUT2D eigenvalue weighted by atomic mass is 10.1. The van der Waals surface area contributed by atoms with Crippen LogP contribution in [-0.4, -0.2) is 27.8 Å².